The number of nitrogens with zero attached hydrogens (tertiary/aromatic N) is 7. The molecule has 0 radical (unpaired) electrons. The van der Waals surface area contributed by atoms with Crippen LogP contribution >= 0.6 is 11.3 Å². The van der Waals surface area contributed by atoms with Crippen molar-refractivity contribution in [1.82, 2.24) is 34.7 Å². The van der Waals surface area contributed by atoms with Crippen molar-refractivity contribution in [2.24, 2.45) is 5.41 Å². The first-order valence-electron chi connectivity index (χ1n) is 11.9. The lowest BCUT2D eigenvalue weighted by atomic mass is 9.71. The van der Waals surface area contributed by atoms with Gasteiger partial charge in [-0.2, -0.15) is 10.1 Å². The van der Waals surface area contributed by atoms with Crippen molar-refractivity contribution in [3.8, 4) is 0 Å². The number of aromatic nitrogens is 5. The molecule has 0 aliphatic carbocycles. The van der Waals surface area contributed by atoms with Crippen LogP contribution in [0.5, 0.6) is 0 Å². The lowest BCUT2D eigenvalue weighted by Gasteiger charge is -2.48. The van der Waals surface area contributed by atoms with Crippen LogP contribution in [0.15, 0.2) is 28.5 Å². The van der Waals surface area contributed by atoms with Gasteiger partial charge in [0.15, 0.2) is 5.82 Å². The van der Waals surface area contributed by atoms with Crippen LogP contribution in [0.4, 0.5) is 0 Å². The zero-order valence-corrected chi connectivity index (χ0v) is 20.3. The van der Waals surface area contributed by atoms with Gasteiger partial charge in [0.1, 0.15) is 10.9 Å². The Morgan fingerprint density at radius 2 is 2.11 bits per heavy atom. The second kappa shape index (κ2) is 8.83. The van der Waals surface area contributed by atoms with E-state index in [1.807, 2.05) is 22.7 Å². The zero-order chi connectivity index (χ0) is 24.0. The third kappa shape index (κ3) is 3.94. The minimum absolute atomic E-state index is 0.0480. The van der Waals surface area contributed by atoms with Gasteiger partial charge in [0.2, 0.25) is 6.41 Å². The summed E-state index contributed by atoms with van der Waals surface area (Å²) in [5.74, 6) is 1.31. The SMILES string of the molecule is CC(c1nc(C2CN(C(=O)c3cncs3)CC23CN(C=O)C3)no1)n1ccc(C2CCOCC2)n1. The highest BCUT2D eigenvalue weighted by Gasteiger charge is 2.57. The molecule has 184 valence electrons. The molecule has 3 aromatic rings. The van der Waals surface area contributed by atoms with Gasteiger partial charge in [-0.3, -0.25) is 19.3 Å². The normalized spacial score (nSPS) is 22.9. The summed E-state index contributed by atoms with van der Waals surface area (Å²) in [5.41, 5.74) is 2.45. The van der Waals surface area contributed by atoms with Gasteiger partial charge in [0.05, 0.1) is 23.3 Å². The minimum Gasteiger partial charge on any atom is -0.381 e. The van der Waals surface area contributed by atoms with Crippen LogP contribution in [-0.2, 0) is 9.53 Å². The van der Waals surface area contributed by atoms with E-state index in [0.717, 1.165) is 38.2 Å². The fraction of sp³-hybridized carbons (Fsp3) is 0.565. The smallest absolute Gasteiger partial charge is 0.265 e. The lowest BCUT2D eigenvalue weighted by Crippen LogP contribution is -2.59. The monoisotopic (exact) mass is 497 g/mol. The molecule has 0 saturated carbocycles. The largest absolute Gasteiger partial charge is 0.381 e. The standard InChI is InChI=1S/C23H27N7O4S/c1-15(30-5-2-18(26-30)16-3-6-33-7-4-16)21-25-20(27-34-21)17-9-29(22(32)19-8-24-13-35-19)12-23(17)10-28(11-23)14-31/h2,5,8,13-17H,3-4,6-7,9-12H2,1H3. The van der Waals surface area contributed by atoms with Gasteiger partial charge in [0, 0.05) is 56.9 Å². The van der Waals surface area contributed by atoms with Gasteiger partial charge >= 0.3 is 0 Å². The van der Waals surface area contributed by atoms with Crippen LogP contribution in [0.3, 0.4) is 0 Å². The van der Waals surface area contributed by atoms with Crippen LogP contribution in [0, 0.1) is 5.41 Å². The molecular formula is C23H27N7O4S. The Bertz CT molecular complexity index is 1200. The van der Waals surface area contributed by atoms with Gasteiger partial charge in [-0.05, 0) is 25.8 Å². The second-order valence-electron chi connectivity index (χ2n) is 9.75. The summed E-state index contributed by atoms with van der Waals surface area (Å²) < 4.78 is 13.0. The van der Waals surface area contributed by atoms with Crippen molar-refractivity contribution >= 4 is 23.7 Å². The number of amides is 2. The van der Waals surface area contributed by atoms with E-state index < -0.39 is 0 Å². The van der Waals surface area contributed by atoms with Crippen molar-refractivity contribution < 1.29 is 18.8 Å². The molecule has 2 amide bonds. The molecule has 12 heteroatoms. The van der Waals surface area contributed by atoms with E-state index in [1.165, 1.54) is 11.3 Å². The highest BCUT2D eigenvalue weighted by molar-refractivity contribution is 7.11. The Balaban J connectivity index is 1.21. The maximum Gasteiger partial charge on any atom is 0.265 e. The van der Waals surface area contributed by atoms with E-state index in [0.29, 0.717) is 48.7 Å². The molecule has 3 fully saturated rings. The Morgan fingerprint density at radius 1 is 1.29 bits per heavy atom. The molecule has 35 heavy (non-hydrogen) atoms. The summed E-state index contributed by atoms with van der Waals surface area (Å²) >= 11 is 1.33. The predicted octanol–water partition coefficient (Wildman–Crippen LogP) is 1.92. The van der Waals surface area contributed by atoms with Crippen molar-refractivity contribution in [2.75, 3.05) is 39.4 Å². The predicted molar refractivity (Wildman–Crippen MR) is 124 cm³/mol. The van der Waals surface area contributed by atoms with Gasteiger partial charge in [0.25, 0.3) is 11.8 Å². The molecule has 3 aliphatic heterocycles. The zero-order valence-electron chi connectivity index (χ0n) is 19.4. The third-order valence-electron chi connectivity index (χ3n) is 7.56. The van der Waals surface area contributed by atoms with E-state index in [9.17, 15) is 9.59 Å². The Morgan fingerprint density at radius 3 is 2.86 bits per heavy atom. The van der Waals surface area contributed by atoms with Gasteiger partial charge in [-0.15, -0.1) is 11.3 Å². The van der Waals surface area contributed by atoms with E-state index in [-0.39, 0.29) is 23.3 Å². The van der Waals surface area contributed by atoms with Gasteiger partial charge in [-0.1, -0.05) is 5.16 Å². The van der Waals surface area contributed by atoms with Crippen LogP contribution in [0.25, 0.3) is 0 Å². The van der Waals surface area contributed by atoms with Gasteiger partial charge in [-0.25, -0.2) is 0 Å². The molecule has 2 unspecified atom stereocenters. The molecule has 11 nitrogen and oxygen atoms in total. The second-order valence-corrected chi connectivity index (χ2v) is 10.6. The number of ether oxygens (including phenoxy) is 1. The third-order valence-corrected chi connectivity index (χ3v) is 8.32. The number of likely N-dealkylation sites (tertiary alicyclic amines) is 2. The topological polar surface area (TPSA) is 119 Å². The summed E-state index contributed by atoms with van der Waals surface area (Å²) in [6, 6.07) is 1.84. The summed E-state index contributed by atoms with van der Waals surface area (Å²) in [7, 11) is 0. The summed E-state index contributed by atoms with van der Waals surface area (Å²) in [6.45, 7) is 5.69. The molecule has 3 saturated heterocycles. The van der Waals surface area contributed by atoms with E-state index in [1.54, 1.807) is 16.6 Å². The van der Waals surface area contributed by atoms with Crippen LogP contribution in [-0.4, -0.2) is 86.4 Å². The number of hydrogen-bond acceptors (Lipinski definition) is 9. The average Bonchev–Trinajstić information content (AvgIpc) is 3.68. The highest BCUT2D eigenvalue weighted by Crippen LogP contribution is 2.48. The number of carbonyl (C=O) groups is 2. The fourth-order valence-electron chi connectivity index (χ4n) is 5.57. The van der Waals surface area contributed by atoms with Crippen molar-refractivity contribution in [3.05, 3.63) is 46.3 Å². The Kier molecular flexibility index (Phi) is 5.64. The van der Waals surface area contributed by atoms with Crippen LogP contribution < -0.4 is 0 Å². The average molecular weight is 498 g/mol. The number of carbonyl (C=O) groups excluding carboxylic acids is 2. The quantitative estimate of drug-likeness (QED) is 0.474. The number of rotatable bonds is 6. The maximum atomic E-state index is 13.0. The maximum absolute atomic E-state index is 13.0. The van der Waals surface area contributed by atoms with E-state index in [4.69, 9.17) is 19.3 Å². The molecule has 6 heterocycles. The first-order chi connectivity index (χ1) is 17.1. The molecule has 3 aliphatic rings. The van der Waals surface area contributed by atoms with Gasteiger partial charge < -0.3 is 19.1 Å². The van der Waals surface area contributed by atoms with E-state index in [2.05, 4.69) is 16.2 Å². The number of thiazole rings is 1. The Hall–Kier alpha value is -3.12. The first kappa shape index (κ1) is 22.4. The number of hydrogen-bond donors (Lipinski definition) is 0. The van der Waals surface area contributed by atoms with Crippen LogP contribution in [0.1, 0.15) is 64.7 Å². The fourth-order valence-corrected chi connectivity index (χ4v) is 6.15. The van der Waals surface area contributed by atoms with Crippen molar-refractivity contribution in [3.63, 3.8) is 0 Å². The first-order valence-corrected chi connectivity index (χ1v) is 12.8. The summed E-state index contributed by atoms with van der Waals surface area (Å²) in [6.07, 6.45) is 6.37. The molecule has 3 aromatic heterocycles. The van der Waals surface area contributed by atoms with E-state index >= 15 is 0 Å². The van der Waals surface area contributed by atoms with Crippen molar-refractivity contribution in [1.29, 1.82) is 0 Å². The molecule has 0 bridgehead atoms. The molecule has 1 spiro atoms. The Labute approximate surface area is 206 Å². The molecule has 2 atom stereocenters. The summed E-state index contributed by atoms with van der Waals surface area (Å²) in [5, 5.41) is 9.12. The van der Waals surface area contributed by atoms with Crippen LogP contribution in [0.2, 0.25) is 0 Å². The highest BCUT2D eigenvalue weighted by atomic mass is 32.1. The molecular weight excluding hydrogens is 470 g/mol. The molecule has 0 N–H and O–H groups in total. The minimum atomic E-state index is -0.270. The summed E-state index contributed by atoms with van der Waals surface area (Å²) in [4.78, 5) is 37.3. The molecule has 0 aromatic carbocycles. The lowest BCUT2D eigenvalue weighted by molar-refractivity contribution is -0.129. The van der Waals surface area contributed by atoms with Crippen molar-refractivity contribution in [2.45, 2.75) is 37.6 Å². The molecule has 6 rings (SSSR count).